The Kier molecular flexibility index (Phi) is 8.21. The summed E-state index contributed by atoms with van der Waals surface area (Å²) in [5.41, 5.74) is 2.65. The molecule has 218 valence electrons. The van der Waals surface area contributed by atoms with Crippen molar-refractivity contribution in [2.75, 3.05) is 44.2 Å². The molecule has 3 aromatic rings. The van der Waals surface area contributed by atoms with Crippen molar-refractivity contribution in [3.63, 3.8) is 0 Å². The van der Waals surface area contributed by atoms with Crippen LogP contribution in [0, 0.1) is 23.7 Å². The summed E-state index contributed by atoms with van der Waals surface area (Å²) in [6.45, 7) is 8.24. The normalized spacial score (nSPS) is 24.2. The fourth-order valence-electron chi connectivity index (χ4n) is 8.06. The molecule has 3 atom stereocenters. The molecule has 6 rings (SSSR count). The molecule has 3 aliphatic rings. The van der Waals surface area contributed by atoms with Gasteiger partial charge in [-0.25, -0.2) is 8.42 Å². The highest BCUT2D eigenvalue weighted by Crippen LogP contribution is 2.52. The summed E-state index contributed by atoms with van der Waals surface area (Å²) >= 11 is 0. The predicted octanol–water partition coefficient (Wildman–Crippen LogP) is 5.43. The van der Waals surface area contributed by atoms with Crippen molar-refractivity contribution in [1.29, 1.82) is 0 Å². The summed E-state index contributed by atoms with van der Waals surface area (Å²) in [5.74, 6) is 2.25. The van der Waals surface area contributed by atoms with Crippen molar-refractivity contribution in [1.82, 2.24) is 9.88 Å². The summed E-state index contributed by atoms with van der Waals surface area (Å²) in [7, 11) is -3.52. The molecule has 3 fully saturated rings. The van der Waals surface area contributed by atoms with E-state index in [1.54, 1.807) is 12.1 Å². The summed E-state index contributed by atoms with van der Waals surface area (Å²) in [6.07, 6.45) is 9.06. The first-order valence-electron chi connectivity index (χ1n) is 15.3. The monoisotopic (exact) mass is 573 g/mol. The fourth-order valence-corrected chi connectivity index (χ4v) is 9.31. The van der Waals surface area contributed by atoms with E-state index >= 15 is 0 Å². The van der Waals surface area contributed by atoms with Crippen molar-refractivity contribution >= 4 is 15.5 Å². The highest BCUT2D eigenvalue weighted by molar-refractivity contribution is 7.91. The Balaban J connectivity index is 1.03. The van der Waals surface area contributed by atoms with E-state index in [-0.39, 0.29) is 10.3 Å². The second kappa shape index (κ2) is 11.9. The number of nitrogens with zero attached hydrogens (tertiary/aromatic N) is 3. The Morgan fingerprint density at radius 3 is 2.20 bits per heavy atom. The molecule has 0 spiro atoms. The largest absolute Gasteiger partial charge is 0.396 e. The Labute approximate surface area is 245 Å². The van der Waals surface area contributed by atoms with E-state index in [1.807, 2.05) is 12.1 Å². The Morgan fingerprint density at radius 1 is 0.878 bits per heavy atom. The minimum atomic E-state index is -3.52. The van der Waals surface area contributed by atoms with E-state index < -0.39 is 9.84 Å². The number of anilines is 1. The molecule has 0 bridgehead atoms. The zero-order chi connectivity index (χ0) is 28.5. The van der Waals surface area contributed by atoms with Crippen LogP contribution in [0.1, 0.15) is 44.6 Å². The molecule has 7 heteroatoms. The number of aliphatic hydroxyl groups excluding tert-OH is 1. The third-order valence-electron chi connectivity index (χ3n) is 10.4. The number of hydrogen-bond acceptors (Lipinski definition) is 6. The van der Waals surface area contributed by atoms with Gasteiger partial charge < -0.3 is 14.9 Å². The lowest BCUT2D eigenvalue weighted by Crippen LogP contribution is -2.53. The number of piperidine rings is 1. The summed E-state index contributed by atoms with van der Waals surface area (Å²) in [4.78, 5) is 9.52. The van der Waals surface area contributed by atoms with Crippen LogP contribution in [0.25, 0.3) is 0 Å². The quantitative estimate of drug-likeness (QED) is 0.368. The average Bonchev–Trinajstić information content (AvgIpc) is 3.49. The van der Waals surface area contributed by atoms with E-state index in [4.69, 9.17) is 0 Å². The van der Waals surface area contributed by atoms with Gasteiger partial charge in [-0.2, -0.15) is 0 Å². The maximum absolute atomic E-state index is 12.9. The molecule has 2 aromatic carbocycles. The van der Waals surface area contributed by atoms with E-state index in [1.165, 1.54) is 55.8 Å². The molecular formula is C34H43N3O3S. The van der Waals surface area contributed by atoms with Crippen LogP contribution >= 0.6 is 0 Å². The van der Waals surface area contributed by atoms with E-state index in [2.05, 4.69) is 52.0 Å². The van der Waals surface area contributed by atoms with Crippen molar-refractivity contribution < 1.29 is 13.5 Å². The summed E-state index contributed by atoms with van der Waals surface area (Å²) < 4.78 is 25.8. The van der Waals surface area contributed by atoms with Crippen LogP contribution < -0.4 is 4.90 Å². The van der Waals surface area contributed by atoms with Crippen molar-refractivity contribution in [3.8, 4) is 0 Å². The molecule has 1 aromatic heterocycles. The number of pyridine rings is 1. The van der Waals surface area contributed by atoms with Gasteiger partial charge in [-0.3, -0.25) is 4.98 Å². The Bertz CT molecular complexity index is 1390. The lowest BCUT2D eigenvalue weighted by Gasteiger charge is -2.49. The number of sulfone groups is 1. The molecule has 0 amide bonds. The number of aromatic nitrogens is 1. The van der Waals surface area contributed by atoms with Gasteiger partial charge >= 0.3 is 0 Å². The van der Waals surface area contributed by atoms with Crippen LogP contribution in [0.3, 0.4) is 0 Å². The molecule has 41 heavy (non-hydrogen) atoms. The first kappa shape index (κ1) is 28.4. The smallest absolute Gasteiger partial charge is 0.206 e. The lowest BCUT2D eigenvalue weighted by atomic mass is 9.58. The minimum Gasteiger partial charge on any atom is -0.396 e. The topological polar surface area (TPSA) is 73.7 Å². The summed E-state index contributed by atoms with van der Waals surface area (Å²) in [5, 5.41) is 10.2. The predicted molar refractivity (Wildman–Crippen MR) is 163 cm³/mol. The SMILES string of the molecule is CC(c1ccccc1)(C1CCN(CC2CN(c3ccc(S(=O)(=O)c4ccncc4)cc3)C2)CC1)[C@H]1CCC[C@@H]1CO. The van der Waals surface area contributed by atoms with Crippen molar-refractivity contribution in [2.24, 2.45) is 23.7 Å². The molecule has 2 aliphatic heterocycles. The zero-order valence-electron chi connectivity index (χ0n) is 24.1. The molecule has 1 unspecified atom stereocenters. The van der Waals surface area contributed by atoms with Gasteiger partial charge in [0.15, 0.2) is 0 Å². The van der Waals surface area contributed by atoms with Gasteiger partial charge in [-0.15, -0.1) is 0 Å². The van der Waals surface area contributed by atoms with Gasteiger partial charge in [0.05, 0.1) is 9.79 Å². The second-order valence-electron chi connectivity index (χ2n) is 12.7. The lowest BCUT2D eigenvalue weighted by molar-refractivity contribution is 0.0578. The number of benzene rings is 2. The van der Waals surface area contributed by atoms with E-state index in [0.717, 1.165) is 44.8 Å². The standard InChI is InChI=1S/C34H43N3O3S/c1-34(28-7-3-2-4-8-28,33-9-5-6-27(33)25-38)29-16-20-36(21-17-29)22-26-23-37(24-26)30-10-12-31(13-11-30)41(39,40)32-14-18-35-19-15-32/h2-4,7-8,10-15,18-19,26-27,29,33,38H,5-6,9,16-17,20-25H2,1H3/t27-,33+,34?/m1/s1. The third kappa shape index (κ3) is 5.56. The third-order valence-corrected chi connectivity index (χ3v) is 12.2. The van der Waals surface area contributed by atoms with Crippen LogP contribution in [0.5, 0.6) is 0 Å². The molecule has 6 nitrogen and oxygen atoms in total. The number of hydrogen-bond donors (Lipinski definition) is 1. The van der Waals surface area contributed by atoms with Crippen molar-refractivity contribution in [3.05, 3.63) is 84.7 Å². The second-order valence-corrected chi connectivity index (χ2v) is 14.6. The van der Waals surface area contributed by atoms with Crippen LogP contribution in [0.4, 0.5) is 5.69 Å². The van der Waals surface area contributed by atoms with E-state index in [9.17, 15) is 13.5 Å². The maximum Gasteiger partial charge on any atom is 0.206 e. The Morgan fingerprint density at radius 2 is 1.54 bits per heavy atom. The molecule has 2 saturated heterocycles. The molecule has 3 heterocycles. The molecular weight excluding hydrogens is 530 g/mol. The molecule has 1 N–H and O–H groups in total. The zero-order valence-corrected chi connectivity index (χ0v) is 24.9. The molecule has 1 aliphatic carbocycles. The van der Waals surface area contributed by atoms with Gasteiger partial charge in [0.2, 0.25) is 9.84 Å². The van der Waals surface area contributed by atoms with Gasteiger partial charge in [0.25, 0.3) is 0 Å². The first-order chi connectivity index (χ1) is 19.9. The maximum atomic E-state index is 12.9. The molecule has 1 saturated carbocycles. The van der Waals surface area contributed by atoms with Gasteiger partial charge in [0.1, 0.15) is 0 Å². The highest BCUT2D eigenvalue weighted by atomic mass is 32.2. The Hall–Kier alpha value is -2.74. The first-order valence-corrected chi connectivity index (χ1v) is 16.8. The van der Waals surface area contributed by atoms with E-state index in [0.29, 0.717) is 35.2 Å². The van der Waals surface area contributed by atoms with Crippen LogP contribution in [-0.2, 0) is 15.3 Å². The number of aliphatic hydroxyl groups is 1. The van der Waals surface area contributed by atoms with Crippen molar-refractivity contribution in [2.45, 2.75) is 54.2 Å². The average molecular weight is 574 g/mol. The van der Waals surface area contributed by atoms with Crippen LogP contribution in [-0.4, -0.2) is 62.7 Å². The van der Waals surface area contributed by atoms with Gasteiger partial charge in [-0.05, 0) is 104 Å². The number of rotatable bonds is 9. The van der Waals surface area contributed by atoms with Crippen LogP contribution in [0.2, 0.25) is 0 Å². The highest BCUT2D eigenvalue weighted by Gasteiger charge is 2.48. The molecule has 0 radical (unpaired) electrons. The summed E-state index contributed by atoms with van der Waals surface area (Å²) in [6, 6.07) is 21.5. The number of likely N-dealkylation sites (tertiary alicyclic amines) is 1. The van der Waals surface area contributed by atoms with Gasteiger partial charge in [-0.1, -0.05) is 43.7 Å². The van der Waals surface area contributed by atoms with Gasteiger partial charge in [0, 0.05) is 50.2 Å². The minimum absolute atomic E-state index is 0.113. The fraction of sp³-hybridized carbons (Fsp3) is 0.500. The van der Waals surface area contributed by atoms with Crippen LogP contribution in [0.15, 0.2) is 88.9 Å².